The molecule has 1 aromatic carbocycles. The summed E-state index contributed by atoms with van der Waals surface area (Å²) in [7, 11) is 0. The molecule has 27 heavy (non-hydrogen) atoms. The number of piperidine rings is 1. The summed E-state index contributed by atoms with van der Waals surface area (Å²) in [6.07, 6.45) is -0.628. The first-order valence-corrected chi connectivity index (χ1v) is 9.75. The minimum atomic E-state index is -2.26. The van der Waals surface area contributed by atoms with E-state index in [2.05, 4.69) is 15.6 Å². The van der Waals surface area contributed by atoms with Gasteiger partial charge in [0, 0.05) is 25.7 Å². The van der Waals surface area contributed by atoms with Crippen LogP contribution in [0.2, 0.25) is 0 Å². The number of ether oxygens (including phenoxy) is 1. The number of rotatable bonds is 8. The van der Waals surface area contributed by atoms with Crippen LogP contribution < -0.4 is 15.4 Å². The smallest absolute Gasteiger partial charge is 0.251 e. The number of benzene rings is 1. The number of likely N-dealkylation sites (tertiary alicyclic amines) is 1. The Kier molecular flexibility index (Phi) is 8.78. The number of aliphatic imine (C=N–C) groups is 1. The van der Waals surface area contributed by atoms with Gasteiger partial charge in [-0.2, -0.15) is 0 Å². The van der Waals surface area contributed by atoms with Crippen molar-refractivity contribution in [2.75, 3.05) is 32.7 Å². The molecule has 0 aromatic heterocycles. The standard InChI is InChI=1S/C20H32F2N4O/c1-4-23-20(25-17-9-11-26(12-10-17)14-19(21)22)24-13-16(3)27-18-8-6-5-7-15(18)2/h5-8,16-17,19H,4,9-14H2,1-3H3,(H2,23,24,25). The molecule has 0 spiro atoms. The first kappa shape index (κ1) is 21.4. The Balaban J connectivity index is 1.82. The van der Waals surface area contributed by atoms with E-state index in [1.54, 1.807) is 0 Å². The van der Waals surface area contributed by atoms with Crippen LogP contribution in [0.3, 0.4) is 0 Å². The van der Waals surface area contributed by atoms with Gasteiger partial charge in [-0.1, -0.05) is 18.2 Å². The van der Waals surface area contributed by atoms with Gasteiger partial charge >= 0.3 is 0 Å². The largest absolute Gasteiger partial charge is 0.489 e. The molecule has 0 radical (unpaired) electrons. The average molecular weight is 382 g/mol. The zero-order valence-corrected chi connectivity index (χ0v) is 16.5. The summed E-state index contributed by atoms with van der Waals surface area (Å²) in [5.41, 5.74) is 1.11. The van der Waals surface area contributed by atoms with Crippen LogP contribution in [0.15, 0.2) is 29.3 Å². The van der Waals surface area contributed by atoms with Gasteiger partial charge in [-0.05, 0) is 45.2 Å². The number of hydrogen-bond acceptors (Lipinski definition) is 3. The Morgan fingerprint density at radius 3 is 2.63 bits per heavy atom. The number of nitrogens with zero attached hydrogens (tertiary/aromatic N) is 2. The van der Waals surface area contributed by atoms with Crippen molar-refractivity contribution < 1.29 is 13.5 Å². The number of para-hydroxylation sites is 1. The monoisotopic (exact) mass is 382 g/mol. The molecular weight excluding hydrogens is 350 g/mol. The van der Waals surface area contributed by atoms with E-state index in [-0.39, 0.29) is 18.7 Å². The van der Waals surface area contributed by atoms with Crippen LogP contribution in [0.4, 0.5) is 8.78 Å². The Morgan fingerprint density at radius 1 is 1.30 bits per heavy atom. The van der Waals surface area contributed by atoms with E-state index >= 15 is 0 Å². The Morgan fingerprint density at radius 2 is 2.00 bits per heavy atom. The molecule has 0 saturated carbocycles. The van der Waals surface area contributed by atoms with Crippen LogP contribution in [0, 0.1) is 6.92 Å². The molecule has 0 amide bonds. The van der Waals surface area contributed by atoms with E-state index in [1.165, 1.54) is 0 Å². The second kappa shape index (κ2) is 11.1. The van der Waals surface area contributed by atoms with Gasteiger partial charge in [0.2, 0.25) is 0 Å². The maximum atomic E-state index is 12.5. The van der Waals surface area contributed by atoms with E-state index in [0.717, 1.165) is 36.7 Å². The van der Waals surface area contributed by atoms with E-state index in [0.29, 0.717) is 19.6 Å². The summed E-state index contributed by atoms with van der Waals surface area (Å²) in [6.45, 7) is 8.60. The predicted octanol–water partition coefficient (Wildman–Crippen LogP) is 3.05. The van der Waals surface area contributed by atoms with Crippen molar-refractivity contribution >= 4 is 5.96 Å². The van der Waals surface area contributed by atoms with E-state index in [9.17, 15) is 8.78 Å². The van der Waals surface area contributed by atoms with Crippen LogP contribution in [0.1, 0.15) is 32.3 Å². The zero-order valence-electron chi connectivity index (χ0n) is 16.5. The molecule has 2 rings (SSSR count). The van der Waals surface area contributed by atoms with Gasteiger partial charge in [-0.15, -0.1) is 0 Å². The molecule has 1 aromatic rings. The van der Waals surface area contributed by atoms with Gasteiger partial charge in [-0.25, -0.2) is 13.8 Å². The number of alkyl halides is 2. The molecule has 1 atom stereocenters. The van der Waals surface area contributed by atoms with Crippen molar-refractivity contribution in [3.63, 3.8) is 0 Å². The molecule has 1 aliphatic heterocycles. The quantitative estimate of drug-likeness (QED) is 0.536. The van der Waals surface area contributed by atoms with Gasteiger partial charge < -0.3 is 15.4 Å². The lowest BCUT2D eigenvalue weighted by Gasteiger charge is -2.32. The molecule has 0 aliphatic carbocycles. The Labute approximate surface area is 161 Å². The van der Waals surface area contributed by atoms with Crippen LogP contribution in [-0.2, 0) is 0 Å². The normalized spacial score (nSPS) is 17.8. The molecule has 1 fully saturated rings. The van der Waals surface area contributed by atoms with Gasteiger partial charge in [0.15, 0.2) is 5.96 Å². The Bertz CT molecular complexity index is 589. The first-order chi connectivity index (χ1) is 13.0. The minimum absolute atomic E-state index is 0.0468. The van der Waals surface area contributed by atoms with Gasteiger partial charge in [0.05, 0.1) is 13.1 Å². The second-order valence-corrected chi connectivity index (χ2v) is 7.02. The summed E-state index contributed by atoms with van der Waals surface area (Å²) in [4.78, 5) is 6.46. The van der Waals surface area contributed by atoms with Crippen LogP contribution in [0.25, 0.3) is 0 Å². The number of halogens is 2. The molecule has 1 heterocycles. The summed E-state index contributed by atoms with van der Waals surface area (Å²) in [5.74, 6) is 1.63. The third-order valence-corrected chi connectivity index (χ3v) is 4.60. The third-order valence-electron chi connectivity index (χ3n) is 4.60. The fourth-order valence-electron chi connectivity index (χ4n) is 3.13. The topological polar surface area (TPSA) is 48.9 Å². The number of nitrogens with one attached hydrogen (secondary N) is 2. The molecule has 1 unspecified atom stereocenters. The summed E-state index contributed by atoms with van der Waals surface area (Å²) >= 11 is 0. The van der Waals surface area contributed by atoms with Crippen molar-refractivity contribution in [2.24, 2.45) is 4.99 Å². The lowest BCUT2D eigenvalue weighted by molar-refractivity contribution is 0.0744. The maximum absolute atomic E-state index is 12.5. The van der Waals surface area contributed by atoms with Crippen LogP contribution in [0.5, 0.6) is 5.75 Å². The second-order valence-electron chi connectivity index (χ2n) is 7.02. The minimum Gasteiger partial charge on any atom is -0.489 e. The lowest BCUT2D eigenvalue weighted by atomic mass is 10.1. The molecule has 5 nitrogen and oxygen atoms in total. The number of guanidine groups is 1. The fourth-order valence-corrected chi connectivity index (χ4v) is 3.13. The fraction of sp³-hybridized carbons (Fsp3) is 0.650. The van der Waals surface area contributed by atoms with Crippen molar-refractivity contribution in [3.8, 4) is 5.75 Å². The molecule has 152 valence electrons. The highest BCUT2D eigenvalue weighted by Crippen LogP contribution is 2.18. The van der Waals surface area contributed by atoms with E-state index in [4.69, 9.17) is 4.74 Å². The highest BCUT2D eigenvalue weighted by molar-refractivity contribution is 5.80. The van der Waals surface area contributed by atoms with Crippen LogP contribution >= 0.6 is 0 Å². The summed E-state index contributed by atoms with van der Waals surface area (Å²) in [6, 6.07) is 8.20. The van der Waals surface area contributed by atoms with Crippen molar-refractivity contribution in [2.45, 2.75) is 52.2 Å². The molecule has 2 N–H and O–H groups in total. The van der Waals surface area contributed by atoms with Crippen molar-refractivity contribution in [1.82, 2.24) is 15.5 Å². The van der Waals surface area contributed by atoms with E-state index in [1.807, 2.05) is 49.9 Å². The van der Waals surface area contributed by atoms with Gasteiger partial charge in [0.25, 0.3) is 6.43 Å². The Hall–Kier alpha value is -1.89. The van der Waals surface area contributed by atoms with Crippen LogP contribution in [-0.4, -0.2) is 62.2 Å². The maximum Gasteiger partial charge on any atom is 0.251 e. The molecule has 7 heteroatoms. The predicted molar refractivity (Wildman–Crippen MR) is 106 cm³/mol. The SMILES string of the molecule is CCNC(=NCC(C)Oc1ccccc1C)NC1CCN(CC(F)F)CC1. The third kappa shape index (κ3) is 7.71. The average Bonchev–Trinajstić information content (AvgIpc) is 2.63. The van der Waals surface area contributed by atoms with Crippen molar-refractivity contribution in [3.05, 3.63) is 29.8 Å². The molecule has 1 saturated heterocycles. The van der Waals surface area contributed by atoms with Crippen molar-refractivity contribution in [1.29, 1.82) is 0 Å². The van der Waals surface area contributed by atoms with Gasteiger partial charge in [-0.3, -0.25) is 4.90 Å². The summed E-state index contributed by atoms with van der Waals surface area (Å²) < 4.78 is 30.9. The summed E-state index contributed by atoms with van der Waals surface area (Å²) in [5, 5.41) is 6.68. The molecular formula is C20H32F2N4O. The first-order valence-electron chi connectivity index (χ1n) is 9.75. The highest BCUT2D eigenvalue weighted by atomic mass is 19.3. The lowest BCUT2D eigenvalue weighted by Crippen LogP contribution is -2.49. The number of aryl methyl sites for hydroxylation is 1. The van der Waals surface area contributed by atoms with Gasteiger partial charge in [0.1, 0.15) is 11.9 Å². The molecule has 0 bridgehead atoms. The zero-order chi connectivity index (χ0) is 19.6. The molecule has 1 aliphatic rings. The highest BCUT2D eigenvalue weighted by Gasteiger charge is 2.22. The van der Waals surface area contributed by atoms with E-state index < -0.39 is 6.43 Å². The number of hydrogen-bond donors (Lipinski definition) is 2.